The summed E-state index contributed by atoms with van der Waals surface area (Å²) in [5, 5.41) is 11.3. The first kappa shape index (κ1) is 14.0. The van der Waals surface area contributed by atoms with Gasteiger partial charge in [-0.2, -0.15) is 0 Å². The Hall–Kier alpha value is -2.11. The number of benzene rings is 1. The monoisotopic (exact) mass is 255 g/mol. The van der Waals surface area contributed by atoms with Crippen LogP contribution in [0, 0.1) is 5.82 Å². The lowest BCUT2D eigenvalue weighted by Gasteiger charge is -2.13. The summed E-state index contributed by atoms with van der Waals surface area (Å²) < 4.78 is 18.0. The van der Waals surface area contributed by atoms with Crippen LogP contribution in [0.2, 0.25) is 0 Å². The molecule has 2 N–H and O–H groups in total. The summed E-state index contributed by atoms with van der Waals surface area (Å²) in [6, 6.07) is 3.02. The normalized spacial score (nSPS) is 11.7. The van der Waals surface area contributed by atoms with Crippen LogP contribution in [0.3, 0.4) is 0 Å². The van der Waals surface area contributed by atoms with E-state index in [2.05, 4.69) is 5.32 Å². The summed E-state index contributed by atoms with van der Waals surface area (Å²) in [5.74, 6) is -2.06. The second-order valence-electron chi connectivity index (χ2n) is 3.76. The van der Waals surface area contributed by atoms with E-state index in [9.17, 15) is 14.0 Å². The summed E-state index contributed by atoms with van der Waals surface area (Å²) in [5.41, 5.74) is 0.564. The summed E-state index contributed by atoms with van der Waals surface area (Å²) in [7, 11) is 1.32. The maximum Gasteiger partial charge on any atom is 0.326 e. The van der Waals surface area contributed by atoms with Crippen molar-refractivity contribution in [2.24, 2.45) is 0 Å². The number of nitrogens with one attached hydrogen (secondary N) is 1. The minimum atomic E-state index is -1.14. The van der Waals surface area contributed by atoms with Crippen molar-refractivity contribution in [2.75, 3.05) is 7.11 Å². The molecule has 1 amide bonds. The number of amides is 1. The number of methoxy groups -OCH3 is 1. The number of carboxylic acid groups (broad SMARTS) is 1. The number of ether oxygens (including phenoxy) is 1. The minimum absolute atomic E-state index is 0.0412. The van der Waals surface area contributed by atoms with Gasteiger partial charge >= 0.3 is 5.97 Å². The minimum Gasteiger partial charge on any atom is -0.494 e. The Morgan fingerprint density at radius 2 is 2.17 bits per heavy atom. The fourth-order valence-electron chi connectivity index (χ4n) is 1.51. The third-order valence-corrected chi connectivity index (χ3v) is 2.33. The number of halogens is 1. The average molecular weight is 255 g/mol. The van der Waals surface area contributed by atoms with Crippen LogP contribution in [-0.2, 0) is 16.0 Å². The molecule has 0 aromatic heterocycles. The van der Waals surface area contributed by atoms with Crippen molar-refractivity contribution in [3.05, 3.63) is 29.6 Å². The Morgan fingerprint density at radius 3 is 2.67 bits per heavy atom. The molecule has 1 aromatic rings. The molecule has 1 atom stereocenters. The van der Waals surface area contributed by atoms with Crippen molar-refractivity contribution in [1.29, 1.82) is 0 Å². The van der Waals surface area contributed by atoms with Gasteiger partial charge < -0.3 is 15.2 Å². The van der Waals surface area contributed by atoms with Crippen molar-refractivity contribution in [3.8, 4) is 5.75 Å². The van der Waals surface area contributed by atoms with Crippen LogP contribution >= 0.6 is 0 Å². The van der Waals surface area contributed by atoms with Gasteiger partial charge in [0.15, 0.2) is 11.6 Å². The maximum atomic E-state index is 13.2. The SMILES string of the molecule is COc1cc(C[C@H](NC(C)=O)C(=O)O)ccc1F. The quantitative estimate of drug-likeness (QED) is 0.822. The first-order valence-electron chi connectivity index (χ1n) is 5.26. The molecule has 0 unspecified atom stereocenters. The Labute approximate surface area is 104 Å². The Balaban J connectivity index is 2.87. The predicted octanol–water partition coefficient (Wildman–Crippen LogP) is 0.966. The van der Waals surface area contributed by atoms with Crippen molar-refractivity contribution in [2.45, 2.75) is 19.4 Å². The zero-order chi connectivity index (χ0) is 13.7. The number of rotatable bonds is 5. The standard InChI is InChI=1S/C12H14FNO4/c1-7(15)14-10(12(16)17)5-8-3-4-9(13)11(6-8)18-2/h3-4,6,10H,5H2,1-2H3,(H,14,15)(H,16,17)/t10-/m0/s1. The van der Waals surface area contributed by atoms with Crippen LogP contribution in [0.5, 0.6) is 5.75 Å². The lowest BCUT2D eigenvalue weighted by molar-refractivity contribution is -0.141. The Morgan fingerprint density at radius 1 is 1.50 bits per heavy atom. The fourth-order valence-corrected chi connectivity index (χ4v) is 1.51. The summed E-state index contributed by atoms with van der Waals surface area (Å²) in [6.07, 6.45) is 0.0611. The van der Waals surface area contributed by atoms with E-state index in [0.29, 0.717) is 5.56 Å². The molecular weight excluding hydrogens is 241 g/mol. The predicted molar refractivity (Wildman–Crippen MR) is 61.9 cm³/mol. The second-order valence-corrected chi connectivity index (χ2v) is 3.76. The molecule has 0 aliphatic carbocycles. The topological polar surface area (TPSA) is 75.6 Å². The maximum absolute atomic E-state index is 13.2. The van der Waals surface area contributed by atoms with Crippen molar-refractivity contribution >= 4 is 11.9 Å². The number of carbonyl (C=O) groups is 2. The molecular formula is C12H14FNO4. The van der Waals surface area contributed by atoms with Gasteiger partial charge in [-0.05, 0) is 17.7 Å². The van der Waals surface area contributed by atoms with E-state index in [1.807, 2.05) is 0 Å². The lowest BCUT2D eigenvalue weighted by Crippen LogP contribution is -2.41. The fraction of sp³-hybridized carbons (Fsp3) is 0.333. The number of aliphatic carboxylic acids is 1. The Bertz CT molecular complexity index is 461. The molecule has 0 saturated heterocycles. The average Bonchev–Trinajstić information content (AvgIpc) is 2.29. The van der Waals surface area contributed by atoms with E-state index < -0.39 is 23.7 Å². The van der Waals surface area contributed by atoms with E-state index in [0.717, 1.165) is 0 Å². The molecule has 18 heavy (non-hydrogen) atoms. The van der Waals surface area contributed by atoms with Gasteiger partial charge in [0.05, 0.1) is 7.11 Å². The van der Waals surface area contributed by atoms with Crippen molar-refractivity contribution in [3.63, 3.8) is 0 Å². The summed E-state index contributed by atoms with van der Waals surface area (Å²) in [6.45, 7) is 1.24. The third kappa shape index (κ3) is 3.73. The summed E-state index contributed by atoms with van der Waals surface area (Å²) >= 11 is 0. The van der Waals surface area contributed by atoms with E-state index in [1.165, 1.54) is 32.2 Å². The van der Waals surface area contributed by atoms with Gasteiger partial charge in [0.2, 0.25) is 5.91 Å². The highest BCUT2D eigenvalue weighted by atomic mass is 19.1. The molecule has 0 spiro atoms. The van der Waals surface area contributed by atoms with E-state index >= 15 is 0 Å². The first-order chi connectivity index (χ1) is 8.43. The third-order valence-electron chi connectivity index (χ3n) is 2.33. The second kappa shape index (κ2) is 6.00. The molecule has 0 heterocycles. The molecule has 98 valence electrons. The van der Waals surface area contributed by atoms with Crippen molar-refractivity contribution in [1.82, 2.24) is 5.32 Å². The zero-order valence-electron chi connectivity index (χ0n) is 10.1. The summed E-state index contributed by atoms with van der Waals surface area (Å²) in [4.78, 5) is 21.8. The van der Waals surface area contributed by atoms with Gasteiger partial charge in [-0.15, -0.1) is 0 Å². The van der Waals surface area contributed by atoms with Crippen LogP contribution in [0.4, 0.5) is 4.39 Å². The van der Waals surface area contributed by atoms with Crippen LogP contribution in [0.15, 0.2) is 18.2 Å². The molecule has 1 rings (SSSR count). The van der Waals surface area contributed by atoms with Crippen LogP contribution in [0.1, 0.15) is 12.5 Å². The smallest absolute Gasteiger partial charge is 0.326 e. The highest BCUT2D eigenvalue weighted by molar-refractivity contribution is 5.82. The first-order valence-corrected chi connectivity index (χ1v) is 5.26. The van der Waals surface area contributed by atoms with Gasteiger partial charge in [0.25, 0.3) is 0 Å². The molecule has 0 aliphatic heterocycles. The largest absolute Gasteiger partial charge is 0.494 e. The lowest BCUT2D eigenvalue weighted by atomic mass is 10.1. The van der Waals surface area contributed by atoms with E-state index in [1.54, 1.807) is 0 Å². The number of hydrogen-bond acceptors (Lipinski definition) is 3. The molecule has 0 fully saturated rings. The van der Waals surface area contributed by atoms with Gasteiger partial charge in [-0.25, -0.2) is 9.18 Å². The molecule has 5 nitrogen and oxygen atoms in total. The van der Waals surface area contributed by atoms with Gasteiger partial charge in [0.1, 0.15) is 6.04 Å². The number of carbonyl (C=O) groups excluding carboxylic acids is 1. The van der Waals surface area contributed by atoms with Gasteiger partial charge in [-0.3, -0.25) is 4.79 Å². The van der Waals surface area contributed by atoms with Crippen LogP contribution < -0.4 is 10.1 Å². The molecule has 0 radical (unpaired) electrons. The highest BCUT2D eigenvalue weighted by Gasteiger charge is 2.19. The Kier molecular flexibility index (Phi) is 4.65. The number of carboxylic acids is 1. The van der Waals surface area contributed by atoms with Crippen LogP contribution in [0.25, 0.3) is 0 Å². The molecule has 0 aliphatic rings. The molecule has 0 saturated carbocycles. The van der Waals surface area contributed by atoms with Crippen LogP contribution in [-0.4, -0.2) is 30.1 Å². The molecule has 0 bridgehead atoms. The van der Waals surface area contributed by atoms with E-state index in [-0.39, 0.29) is 12.2 Å². The van der Waals surface area contributed by atoms with Gasteiger partial charge in [0, 0.05) is 13.3 Å². The highest BCUT2D eigenvalue weighted by Crippen LogP contribution is 2.19. The molecule has 1 aromatic carbocycles. The van der Waals surface area contributed by atoms with Crippen molar-refractivity contribution < 1.29 is 23.8 Å². The zero-order valence-corrected chi connectivity index (χ0v) is 10.1. The molecule has 6 heteroatoms. The number of hydrogen-bond donors (Lipinski definition) is 2. The van der Waals surface area contributed by atoms with Gasteiger partial charge in [-0.1, -0.05) is 6.07 Å². The van der Waals surface area contributed by atoms with E-state index in [4.69, 9.17) is 9.84 Å².